The van der Waals surface area contributed by atoms with Gasteiger partial charge in [-0.1, -0.05) is 0 Å². The molecule has 1 aromatic rings. The van der Waals surface area contributed by atoms with E-state index in [4.69, 9.17) is 0 Å². The second kappa shape index (κ2) is 2.40. The van der Waals surface area contributed by atoms with Crippen LogP contribution in [0.1, 0.15) is 6.42 Å². The molecule has 0 bridgehead atoms. The maximum absolute atomic E-state index is 11.4. The van der Waals surface area contributed by atoms with Gasteiger partial charge in [-0.25, -0.2) is 4.68 Å². The van der Waals surface area contributed by atoms with Gasteiger partial charge in [0.25, 0.3) is 5.56 Å². The van der Waals surface area contributed by atoms with Crippen molar-refractivity contribution in [2.75, 3.05) is 19.0 Å². The van der Waals surface area contributed by atoms with Crippen LogP contribution in [0.4, 0.5) is 5.82 Å². The van der Waals surface area contributed by atoms with Crippen molar-refractivity contribution in [2.45, 2.75) is 19.5 Å². The average molecular weight is 167 g/mol. The number of aromatic nitrogens is 2. The van der Waals surface area contributed by atoms with Crippen LogP contribution in [0.3, 0.4) is 0 Å². The van der Waals surface area contributed by atoms with Gasteiger partial charge in [-0.15, -0.1) is 0 Å². The molecule has 1 aliphatic rings. The van der Waals surface area contributed by atoms with Crippen LogP contribution in [-0.4, -0.2) is 23.5 Å². The molecular weight excluding hydrogens is 154 g/mol. The zero-order valence-corrected chi connectivity index (χ0v) is 7.45. The monoisotopic (exact) mass is 167 g/mol. The summed E-state index contributed by atoms with van der Waals surface area (Å²) in [6.07, 6.45) is 1.08. The molecule has 0 saturated heterocycles. The SMILES string of the molecule is CN(C)c1cc(=O)n2n1CCC2. The van der Waals surface area contributed by atoms with E-state index in [1.807, 2.05) is 23.7 Å². The Morgan fingerprint density at radius 3 is 2.67 bits per heavy atom. The summed E-state index contributed by atoms with van der Waals surface area (Å²) in [6.45, 7) is 1.84. The molecule has 4 nitrogen and oxygen atoms in total. The Hall–Kier alpha value is -1.19. The van der Waals surface area contributed by atoms with E-state index in [1.165, 1.54) is 0 Å². The molecule has 0 N–H and O–H groups in total. The van der Waals surface area contributed by atoms with Gasteiger partial charge in [-0.3, -0.25) is 9.48 Å². The molecule has 0 unspecified atom stereocenters. The van der Waals surface area contributed by atoms with Crippen LogP contribution < -0.4 is 10.5 Å². The molecule has 0 amide bonds. The summed E-state index contributed by atoms with van der Waals surface area (Å²) >= 11 is 0. The van der Waals surface area contributed by atoms with Crippen molar-refractivity contribution >= 4 is 5.82 Å². The van der Waals surface area contributed by atoms with Gasteiger partial charge in [0.05, 0.1) is 0 Å². The summed E-state index contributed by atoms with van der Waals surface area (Å²) < 4.78 is 3.84. The normalized spacial score (nSPS) is 14.8. The Morgan fingerprint density at radius 2 is 2.00 bits per heavy atom. The first-order valence-electron chi connectivity index (χ1n) is 4.18. The van der Waals surface area contributed by atoms with E-state index in [9.17, 15) is 4.79 Å². The van der Waals surface area contributed by atoms with Gasteiger partial charge < -0.3 is 4.90 Å². The third-order valence-corrected chi connectivity index (χ3v) is 2.26. The molecule has 0 atom stereocenters. The third-order valence-electron chi connectivity index (χ3n) is 2.26. The van der Waals surface area contributed by atoms with Gasteiger partial charge in [-0.2, -0.15) is 0 Å². The first-order chi connectivity index (χ1) is 5.70. The Kier molecular flexibility index (Phi) is 1.49. The average Bonchev–Trinajstić information content (AvgIpc) is 2.53. The van der Waals surface area contributed by atoms with E-state index in [-0.39, 0.29) is 5.56 Å². The molecule has 66 valence electrons. The van der Waals surface area contributed by atoms with Crippen molar-refractivity contribution in [3.63, 3.8) is 0 Å². The Labute approximate surface area is 71.0 Å². The van der Waals surface area contributed by atoms with Gasteiger partial charge in [0.2, 0.25) is 0 Å². The van der Waals surface area contributed by atoms with Crippen LogP contribution in [0.25, 0.3) is 0 Å². The van der Waals surface area contributed by atoms with Gasteiger partial charge in [0.1, 0.15) is 5.82 Å². The van der Waals surface area contributed by atoms with Crippen LogP contribution >= 0.6 is 0 Å². The third kappa shape index (κ3) is 0.873. The highest BCUT2D eigenvalue weighted by atomic mass is 16.1. The van der Waals surface area contributed by atoms with E-state index in [0.29, 0.717) is 0 Å². The second-order valence-electron chi connectivity index (χ2n) is 3.34. The van der Waals surface area contributed by atoms with E-state index in [1.54, 1.807) is 10.7 Å². The van der Waals surface area contributed by atoms with Gasteiger partial charge in [-0.05, 0) is 6.42 Å². The molecule has 0 radical (unpaired) electrons. The highest BCUT2D eigenvalue weighted by molar-refractivity contribution is 5.36. The highest BCUT2D eigenvalue weighted by Gasteiger charge is 2.16. The summed E-state index contributed by atoms with van der Waals surface area (Å²) in [4.78, 5) is 13.3. The van der Waals surface area contributed by atoms with Crippen molar-refractivity contribution in [2.24, 2.45) is 0 Å². The second-order valence-corrected chi connectivity index (χ2v) is 3.34. The molecule has 0 aromatic carbocycles. The fraction of sp³-hybridized carbons (Fsp3) is 0.625. The molecule has 1 aliphatic heterocycles. The van der Waals surface area contributed by atoms with E-state index in [2.05, 4.69) is 0 Å². The van der Waals surface area contributed by atoms with Crippen LogP contribution in [0.2, 0.25) is 0 Å². The Morgan fingerprint density at radius 1 is 1.33 bits per heavy atom. The van der Waals surface area contributed by atoms with Crippen molar-refractivity contribution < 1.29 is 0 Å². The molecule has 0 aliphatic carbocycles. The first kappa shape index (κ1) is 7.46. The molecule has 0 fully saturated rings. The van der Waals surface area contributed by atoms with E-state index >= 15 is 0 Å². The zero-order valence-electron chi connectivity index (χ0n) is 7.45. The van der Waals surface area contributed by atoms with Gasteiger partial charge >= 0.3 is 0 Å². The summed E-state index contributed by atoms with van der Waals surface area (Å²) in [5.74, 6) is 1.01. The summed E-state index contributed by atoms with van der Waals surface area (Å²) in [5.41, 5.74) is 0.121. The van der Waals surface area contributed by atoms with Crippen molar-refractivity contribution in [1.82, 2.24) is 9.36 Å². The lowest BCUT2D eigenvalue weighted by Gasteiger charge is -2.13. The standard InChI is InChI=1S/C8H13N3O/c1-9(2)7-6-8(12)11-5-3-4-10(7)11/h6H,3-5H2,1-2H3. The number of rotatable bonds is 1. The summed E-state index contributed by atoms with van der Waals surface area (Å²) in [6, 6.07) is 1.69. The fourth-order valence-electron chi connectivity index (χ4n) is 1.70. The van der Waals surface area contributed by atoms with E-state index < -0.39 is 0 Å². The van der Waals surface area contributed by atoms with Crippen molar-refractivity contribution in [1.29, 1.82) is 0 Å². The van der Waals surface area contributed by atoms with Crippen LogP contribution in [0.15, 0.2) is 10.9 Å². The highest BCUT2D eigenvalue weighted by Crippen LogP contribution is 2.14. The van der Waals surface area contributed by atoms with Crippen molar-refractivity contribution in [3.8, 4) is 0 Å². The minimum atomic E-state index is 0.121. The molecule has 2 heterocycles. The molecule has 0 saturated carbocycles. The zero-order chi connectivity index (χ0) is 8.72. The maximum Gasteiger partial charge on any atom is 0.268 e. The quantitative estimate of drug-likeness (QED) is 0.594. The molecule has 12 heavy (non-hydrogen) atoms. The molecule has 1 aromatic heterocycles. The van der Waals surface area contributed by atoms with Crippen LogP contribution in [-0.2, 0) is 13.1 Å². The lowest BCUT2D eigenvalue weighted by atomic mass is 10.4. The number of anilines is 1. The van der Waals surface area contributed by atoms with Crippen LogP contribution in [0.5, 0.6) is 0 Å². The summed E-state index contributed by atoms with van der Waals surface area (Å²) in [7, 11) is 3.92. The molecule has 2 rings (SSSR count). The topological polar surface area (TPSA) is 30.2 Å². The summed E-state index contributed by atoms with van der Waals surface area (Å²) in [5, 5.41) is 0. The van der Waals surface area contributed by atoms with Crippen molar-refractivity contribution in [3.05, 3.63) is 16.4 Å². The number of nitrogens with zero attached hydrogens (tertiary/aromatic N) is 3. The van der Waals surface area contributed by atoms with E-state index in [0.717, 1.165) is 25.3 Å². The minimum absolute atomic E-state index is 0.121. The Bertz CT molecular complexity index is 348. The smallest absolute Gasteiger partial charge is 0.268 e. The van der Waals surface area contributed by atoms with Gasteiger partial charge in [0, 0.05) is 33.3 Å². The lowest BCUT2D eigenvalue weighted by molar-refractivity contribution is 0.593. The number of fused-ring (bicyclic) bond motifs is 1. The number of hydrogen-bond donors (Lipinski definition) is 0. The lowest BCUT2D eigenvalue weighted by Crippen LogP contribution is -2.17. The molecule has 4 heteroatoms. The number of hydrogen-bond acceptors (Lipinski definition) is 2. The Balaban J connectivity index is 2.58. The van der Waals surface area contributed by atoms with Crippen LogP contribution in [0, 0.1) is 0 Å². The van der Waals surface area contributed by atoms with Gasteiger partial charge in [0.15, 0.2) is 0 Å². The molecular formula is C8H13N3O. The largest absolute Gasteiger partial charge is 0.363 e. The minimum Gasteiger partial charge on any atom is -0.363 e. The predicted octanol–water partition coefficient (Wildman–Crippen LogP) is 0.119. The molecule has 0 spiro atoms. The predicted molar refractivity (Wildman–Crippen MR) is 47.6 cm³/mol. The maximum atomic E-state index is 11.4. The first-order valence-corrected chi connectivity index (χ1v) is 4.18. The fourth-order valence-corrected chi connectivity index (χ4v) is 1.70.